The maximum absolute atomic E-state index is 13.0. The molecule has 9 heteroatoms. The molecule has 0 aliphatic carbocycles. The zero-order valence-electron chi connectivity index (χ0n) is 18.5. The van der Waals surface area contributed by atoms with Gasteiger partial charge in [-0.05, 0) is 41.5 Å². The number of esters is 1. The molecule has 3 aromatic carbocycles. The minimum absolute atomic E-state index is 0.0103. The van der Waals surface area contributed by atoms with Gasteiger partial charge in [-0.3, -0.25) is 19.8 Å². The van der Waals surface area contributed by atoms with Crippen molar-refractivity contribution in [3.63, 3.8) is 0 Å². The molecule has 1 N–H and O–H groups in total. The number of ether oxygens (including phenoxy) is 2. The Labute approximate surface area is 205 Å². The lowest BCUT2D eigenvalue weighted by atomic mass is 10.1. The molecule has 1 saturated heterocycles. The van der Waals surface area contributed by atoms with Gasteiger partial charge >= 0.3 is 12.0 Å². The number of nitrogens with one attached hydrogen (secondary N) is 1. The van der Waals surface area contributed by atoms with Crippen molar-refractivity contribution in [2.45, 2.75) is 6.54 Å². The SMILES string of the molecule is COc1cc(/C=C2/C(=O)NC(=O)N(Cc3ccccc3)C2=O)ccc1OC(=O)c1ccccc1Cl. The number of carbonyl (C=O) groups excluding carboxylic acids is 4. The zero-order chi connectivity index (χ0) is 24.9. The van der Waals surface area contributed by atoms with Crippen LogP contribution >= 0.6 is 11.6 Å². The van der Waals surface area contributed by atoms with E-state index in [1.807, 2.05) is 6.07 Å². The van der Waals surface area contributed by atoms with Gasteiger partial charge in [-0.25, -0.2) is 9.59 Å². The maximum atomic E-state index is 13.0. The molecule has 0 spiro atoms. The summed E-state index contributed by atoms with van der Waals surface area (Å²) in [5.41, 5.74) is 1.13. The highest BCUT2D eigenvalue weighted by molar-refractivity contribution is 6.33. The van der Waals surface area contributed by atoms with Crippen LogP contribution in [0.2, 0.25) is 5.02 Å². The lowest BCUT2D eigenvalue weighted by Gasteiger charge is -2.26. The quantitative estimate of drug-likeness (QED) is 0.240. The van der Waals surface area contributed by atoms with Gasteiger partial charge < -0.3 is 9.47 Å². The smallest absolute Gasteiger partial charge is 0.345 e. The maximum Gasteiger partial charge on any atom is 0.345 e. The number of hydrogen-bond acceptors (Lipinski definition) is 6. The molecule has 176 valence electrons. The number of urea groups is 1. The summed E-state index contributed by atoms with van der Waals surface area (Å²) in [6.45, 7) is 0.0103. The second-order valence-corrected chi connectivity index (χ2v) is 7.88. The summed E-state index contributed by atoms with van der Waals surface area (Å²) >= 11 is 6.06. The third-order valence-electron chi connectivity index (χ3n) is 5.16. The molecule has 3 aromatic rings. The van der Waals surface area contributed by atoms with Gasteiger partial charge in [-0.15, -0.1) is 0 Å². The number of halogens is 1. The topological polar surface area (TPSA) is 102 Å². The monoisotopic (exact) mass is 490 g/mol. The Bertz CT molecular complexity index is 1350. The molecule has 1 aliphatic heterocycles. The van der Waals surface area contributed by atoms with E-state index in [-0.39, 0.29) is 34.2 Å². The fraction of sp³-hybridized carbons (Fsp3) is 0.0769. The molecule has 0 saturated carbocycles. The molecule has 35 heavy (non-hydrogen) atoms. The van der Waals surface area contributed by atoms with Crippen molar-refractivity contribution in [3.05, 3.63) is 100 Å². The molecule has 8 nitrogen and oxygen atoms in total. The Morgan fingerprint density at radius 1 is 0.971 bits per heavy atom. The normalized spacial score (nSPS) is 14.6. The third kappa shape index (κ3) is 5.23. The summed E-state index contributed by atoms with van der Waals surface area (Å²) < 4.78 is 10.7. The van der Waals surface area contributed by atoms with Crippen LogP contribution in [0.3, 0.4) is 0 Å². The summed E-state index contributed by atoms with van der Waals surface area (Å²) in [6, 6.07) is 19.1. The average Bonchev–Trinajstić information content (AvgIpc) is 2.86. The van der Waals surface area contributed by atoms with Gasteiger partial charge in [-0.1, -0.05) is 60.1 Å². The first-order valence-electron chi connectivity index (χ1n) is 10.4. The lowest BCUT2D eigenvalue weighted by molar-refractivity contribution is -0.130. The number of barbiturate groups is 1. The van der Waals surface area contributed by atoms with Crippen molar-refractivity contribution in [2.75, 3.05) is 7.11 Å². The number of rotatable bonds is 6. The lowest BCUT2D eigenvalue weighted by Crippen LogP contribution is -2.53. The van der Waals surface area contributed by atoms with Crippen molar-refractivity contribution in [1.29, 1.82) is 0 Å². The first kappa shape index (κ1) is 23.7. The largest absolute Gasteiger partial charge is 0.493 e. The second kappa shape index (κ2) is 10.2. The molecule has 0 atom stereocenters. The van der Waals surface area contributed by atoms with Gasteiger partial charge in [0.05, 0.1) is 24.2 Å². The van der Waals surface area contributed by atoms with Crippen LogP contribution in [-0.4, -0.2) is 35.8 Å². The van der Waals surface area contributed by atoms with E-state index in [1.54, 1.807) is 48.5 Å². The molecular weight excluding hydrogens is 472 g/mol. The van der Waals surface area contributed by atoms with Crippen LogP contribution in [0.1, 0.15) is 21.5 Å². The molecule has 4 rings (SSSR count). The predicted molar refractivity (Wildman–Crippen MR) is 128 cm³/mol. The fourth-order valence-corrected chi connectivity index (χ4v) is 3.62. The number of imide groups is 2. The second-order valence-electron chi connectivity index (χ2n) is 7.47. The summed E-state index contributed by atoms with van der Waals surface area (Å²) in [5, 5.41) is 2.43. The van der Waals surface area contributed by atoms with E-state index in [1.165, 1.54) is 31.4 Å². The number of nitrogens with zero attached hydrogens (tertiary/aromatic N) is 1. The van der Waals surface area contributed by atoms with Gasteiger partial charge in [-0.2, -0.15) is 0 Å². The van der Waals surface area contributed by atoms with Gasteiger partial charge in [0.25, 0.3) is 11.8 Å². The number of carbonyl (C=O) groups is 4. The molecule has 1 fully saturated rings. The predicted octanol–water partition coefficient (Wildman–Crippen LogP) is 4.23. The summed E-state index contributed by atoms with van der Waals surface area (Å²) in [4.78, 5) is 51.1. The van der Waals surface area contributed by atoms with Crippen LogP contribution in [0.15, 0.2) is 78.4 Å². The Kier molecular flexibility index (Phi) is 6.93. The third-order valence-corrected chi connectivity index (χ3v) is 5.49. The Hall–Kier alpha value is -4.43. The van der Waals surface area contributed by atoms with E-state index in [9.17, 15) is 19.2 Å². The van der Waals surface area contributed by atoms with Crippen LogP contribution in [0.25, 0.3) is 6.08 Å². The number of hydrogen-bond donors (Lipinski definition) is 1. The van der Waals surface area contributed by atoms with E-state index in [2.05, 4.69) is 5.32 Å². The first-order valence-corrected chi connectivity index (χ1v) is 10.8. The van der Waals surface area contributed by atoms with Crippen LogP contribution in [0, 0.1) is 0 Å². The van der Waals surface area contributed by atoms with E-state index >= 15 is 0 Å². The molecular formula is C26H19ClN2O6. The molecule has 0 bridgehead atoms. The first-order chi connectivity index (χ1) is 16.9. The molecule has 0 unspecified atom stereocenters. The molecule has 0 aromatic heterocycles. The average molecular weight is 491 g/mol. The summed E-state index contributed by atoms with van der Waals surface area (Å²) in [6.07, 6.45) is 1.34. The Morgan fingerprint density at radius 3 is 2.40 bits per heavy atom. The van der Waals surface area contributed by atoms with Crippen molar-refractivity contribution in [2.24, 2.45) is 0 Å². The zero-order valence-corrected chi connectivity index (χ0v) is 19.2. The Balaban J connectivity index is 1.58. The van der Waals surface area contributed by atoms with Gasteiger partial charge in [0.1, 0.15) is 5.57 Å². The highest BCUT2D eigenvalue weighted by Crippen LogP contribution is 2.31. The summed E-state index contributed by atoms with van der Waals surface area (Å²) in [5.74, 6) is -1.88. The minimum atomic E-state index is -0.808. The van der Waals surface area contributed by atoms with Crippen molar-refractivity contribution in [3.8, 4) is 11.5 Å². The van der Waals surface area contributed by atoms with Crippen LogP contribution < -0.4 is 14.8 Å². The fourth-order valence-electron chi connectivity index (χ4n) is 3.41. The highest BCUT2D eigenvalue weighted by atomic mass is 35.5. The standard InChI is InChI=1S/C26H19ClN2O6/c1-34-22-14-17(11-12-21(22)35-25(32)18-9-5-6-10-20(18)27)13-19-23(30)28-26(33)29(24(19)31)15-16-7-3-2-4-8-16/h2-14H,15H2,1H3,(H,28,30,33)/b19-13-. The van der Waals surface area contributed by atoms with Crippen molar-refractivity contribution < 1.29 is 28.7 Å². The van der Waals surface area contributed by atoms with Gasteiger partial charge in [0.15, 0.2) is 11.5 Å². The highest BCUT2D eigenvalue weighted by Gasteiger charge is 2.35. The van der Waals surface area contributed by atoms with E-state index in [0.29, 0.717) is 5.56 Å². The van der Waals surface area contributed by atoms with E-state index < -0.39 is 23.8 Å². The Morgan fingerprint density at radius 2 is 1.69 bits per heavy atom. The van der Waals surface area contributed by atoms with Crippen molar-refractivity contribution in [1.82, 2.24) is 10.2 Å². The summed E-state index contributed by atoms with van der Waals surface area (Å²) in [7, 11) is 1.39. The van der Waals surface area contributed by atoms with Crippen LogP contribution in [-0.2, 0) is 16.1 Å². The molecule has 1 heterocycles. The van der Waals surface area contributed by atoms with E-state index in [4.69, 9.17) is 21.1 Å². The molecule has 1 aliphatic rings. The van der Waals surface area contributed by atoms with Crippen LogP contribution in [0.4, 0.5) is 4.79 Å². The number of benzene rings is 3. The van der Waals surface area contributed by atoms with Gasteiger partial charge in [0.2, 0.25) is 0 Å². The van der Waals surface area contributed by atoms with Gasteiger partial charge in [0, 0.05) is 0 Å². The molecule has 0 radical (unpaired) electrons. The number of amides is 4. The molecule has 4 amide bonds. The minimum Gasteiger partial charge on any atom is -0.493 e. The van der Waals surface area contributed by atoms with Crippen LogP contribution in [0.5, 0.6) is 11.5 Å². The number of methoxy groups -OCH3 is 1. The van der Waals surface area contributed by atoms with Crippen molar-refractivity contribution >= 4 is 41.5 Å². The van der Waals surface area contributed by atoms with E-state index in [0.717, 1.165) is 10.5 Å².